The Morgan fingerprint density at radius 2 is 1.81 bits per heavy atom. The van der Waals surface area contributed by atoms with Crippen molar-refractivity contribution in [2.45, 2.75) is 39.8 Å². The summed E-state index contributed by atoms with van der Waals surface area (Å²) in [5.41, 5.74) is 2.63. The van der Waals surface area contributed by atoms with E-state index >= 15 is 0 Å². The van der Waals surface area contributed by atoms with E-state index in [1.807, 2.05) is 31.5 Å². The molecule has 0 aliphatic carbocycles. The molecular formula is C16H21F2N3. The van der Waals surface area contributed by atoms with Crippen LogP contribution in [0.15, 0.2) is 24.3 Å². The minimum absolute atomic E-state index is 0.0163. The topological polar surface area (TPSA) is 29.9 Å². The number of halogens is 2. The summed E-state index contributed by atoms with van der Waals surface area (Å²) >= 11 is 0. The number of benzene rings is 1. The fourth-order valence-electron chi connectivity index (χ4n) is 2.59. The van der Waals surface area contributed by atoms with Gasteiger partial charge in [-0.3, -0.25) is 4.68 Å². The maximum atomic E-state index is 13.3. The molecule has 1 atom stereocenters. The Balaban J connectivity index is 2.30. The van der Waals surface area contributed by atoms with Crippen molar-refractivity contribution >= 4 is 0 Å². The molecule has 1 N–H and O–H groups in total. The van der Waals surface area contributed by atoms with Gasteiger partial charge in [0.2, 0.25) is 0 Å². The molecule has 0 fully saturated rings. The highest BCUT2D eigenvalue weighted by molar-refractivity contribution is 5.22. The molecule has 0 saturated carbocycles. The lowest BCUT2D eigenvalue weighted by atomic mass is 10.0. The molecule has 3 nitrogen and oxygen atoms in total. The van der Waals surface area contributed by atoms with Crippen LogP contribution in [0.4, 0.5) is 8.78 Å². The second-order valence-electron chi connectivity index (χ2n) is 5.12. The Kier molecular flexibility index (Phi) is 5.07. The van der Waals surface area contributed by atoms with Crippen LogP contribution in [0.1, 0.15) is 36.8 Å². The average Bonchev–Trinajstić information content (AvgIpc) is 2.78. The van der Waals surface area contributed by atoms with Crippen LogP contribution in [0.25, 0.3) is 0 Å². The van der Waals surface area contributed by atoms with Crippen molar-refractivity contribution in [3.05, 3.63) is 52.9 Å². The van der Waals surface area contributed by atoms with Crippen LogP contribution in [0.3, 0.4) is 0 Å². The summed E-state index contributed by atoms with van der Waals surface area (Å²) in [6, 6.07) is 5.66. The molecule has 0 bridgehead atoms. The molecule has 0 amide bonds. The van der Waals surface area contributed by atoms with E-state index < -0.39 is 11.6 Å². The van der Waals surface area contributed by atoms with Crippen molar-refractivity contribution in [1.82, 2.24) is 15.1 Å². The van der Waals surface area contributed by atoms with E-state index in [2.05, 4.69) is 10.4 Å². The molecule has 1 unspecified atom stereocenters. The smallest absolute Gasteiger partial charge is 0.126 e. The van der Waals surface area contributed by atoms with Gasteiger partial charge >= 0.3 is 0 Å². The molecule has 2 rings (SSSR count). The molecule has 1 heterocycles. The Morgan fingerprint density at radius 3 is 2.38 bits per heavy atom. The van der Waals surface area contributed by atoms with Crippen molar-refractivity contribution in [2.24, 2.45) is 0 Å². The predicted molar refractivity (Wildman–Crippen MR) is 79.1 cm³/mol. The van der Waals surface area contributed by atoms with Crippen molar-refractivity contribution < 1.29 is 8.78 Å². The molecule has 114 valence electrons. The highest BCUT2D eigenvalue weighted by atomic mass is 19.1. The second kappa shape index (κ2) is 6.80. The van der Waals surface area contributed by atoms with Gasteiger partial charge in [0, 0.05) is 12.6 Å². The number of nitrogens with zero attached hydrogens (tertiary/aromatic N) is 2. The van der Waals surface area contributed by atoms with Crippen LogP contribution in [0.2, 0.25) is 0 Å². The number of aryl methyl sites for hydroxylation is 2. The third-order valence-electron chi connectivity index (χ3n) is 3.40. The Morgan fingerprint density at radius 1 is 1.14 bits per heavy atom. The van der Waals surface area contributed by atoms with Gasteiger partial charge in [-0.25, -0.2) is 8.78 Å². The fourth-order valence-corrected chi connectivity index (χ4v) is 2.59. The van der Waals surface area contributed by atoms with E-state index in [1.165, 1.54) is 12.1 Å². The van der Waals surface area contributed by atoms with Crippen LogP contribution < -0.4 is 5.32 Å². The molecular weight excluding hydrogens is 272 g/mol. The zero-order valence-electron chi connectivity index (χ0n) is 12.7. The highest BCUT2D eigenvalue weighted by Gasteiger charge is 2.17. The van der Waals surface area contributed by atoms with Crippen molar-refractivity contribution in [2.75, 3.05) is 6.54 Å². The summed E-state index contributed by atoms with van der Waals surface area (Å²) in [5, 5.41) is 7.81. The average molecular weight is 293 g/mol. The van der Waals surface area contributed by atoms with Gasteiger partial charge in [-0.05, 0) is 50.6 Å². The van der Waals surface area contributed by atoms with E-state index in [-0.39, 0.29) is 6.04 Å². The number of rotatable bonds is 6. The monoisotopic (exact) mass is 293 g/mol. The van der Waals surface area contributed by atoms with Gasteiger partial charge in [0.1, 0.15) is 11.6 Å². The highest BCUT2D eigenvalue weighted by Crippen LogP contribution is 2.21. The van der Waals surface area contributed by atoms with Crippen LogP contribution in [0.5, 0.6) is 0 Å². The maximum Gasteiger partial charge on any atom is 0.126 e. The Labute approximate surface area is 124 Å². The molecule has 21 heavy (non-hydrogen) atoms. The first-order chi connectivity index (χ1) is 10.0. The van der Waals surface area contributed by atoms with Gasteiger partial charge in [-0.2, -0.15) is 5.10 Å². The molecule has 2 aromatic rings. The van der Waals surface area contributed by atoms with E-state index in [9.17, 15) is 8.78 Å². The quantitative estimate of drug-likeness (QED) is 0.885. The molecule has 0 saturated heterocycles. The first kappa shape index (κ1) is 15.6. The number of likely N-dealkylation sites (N-methyl/N-ethyl adjacent to an activating group) is 1. The predicted octanol–water partition coefficient (Wildman–Crippen LogP) is 3.38. The van der Waals surface area contributed by atoms with Gasteiger partial charge in [-0.1, -0.05) is 6.92 Å². The van der Waals surface area contributed by atoms with Crippen molar-refractivity contribution in [1.29, 1.82) is 0 Å². The number of aromatic nitrogens is 2. The zero-order valence-corrected chi connectivity index (χ0v) is 12.7. The van der Waals surface area contributed by atoms with E-state index in [0.717, 1.165) is 30.5 Å². The lowest BCUT2D eigenvalue weighted by Crippen LogP contribution is -2.25. The molecule has 5 heteroatoms. The Hall–Kier alpha value is -1.75. The zero-order chi connectivity index (χ0) is 15.4. The lowest BCUT2D eigenvalue weighted by Gasteiger charge is -2.19. The molecule has 0 aliphatic heterocycles. The summed E-state index contributed by atoms with van der Waals surface area (Å²) in [4.78, 5) is 0. The number of hydrogen-bond acceptors (Lipinski definition) is 2. The molecule has 0 radical (unpaired) electrons. The van der Waals surface area contributed by atoms with E-state index in [0.29, 0.717) is 12.0 Å². The number of hydrogen-bond donors (Lipinski definition) is 1. The molecule has 1 aromatic heterocycles. The third-order valence-corrected chi connectivity index (χ3v) is 3.40. The second-order valence-corrected chi connectivity index (χ2v) is 5.12. The van der Waals surface area contributed by atoms with Gasteiger partial charge < -0.3 is 5.32 Å². The first-order valence-corrected chi connectivity index (χ1v) is 7.26. The molecule has 0 spiro atoms. The SMILES string of the molecule is CCNC(Cc1cc(F)cc(F)c1)c1cc(C)nn1CC. The summed E-state index contributed by atoms with van der Waals surface area (Å²) in [6.07, 6.45) is 0.521. The number of nitrogens with one attached hydrogen (secondary N) is 1. The summed E-state index contributed by atoms with van der Waals surface area (Å²) in [6.45, 7) is 7.53. The molecule has 0 aliphatic rings. The normalized spacial score (nSPS) is 12.6. The largest absolute Gasteiger partial charge is 0.309 e. The van der Waals surface area contributed by atoms with Gasteiger partial charge in [0.05, 0.1) is 17.4 Å². The first-order valence-electron chi connectivity index (χ1n) is 7.26. The van der Waals surface area contributed by atoms with E-state index in [4.69, 9.17) is 0 Å². The van der Waals surface area contributed by atoms with Crippen LogP contribution >= 0.6 is 0 Å². The van der Waals surface area contributed by atoms with Crippen LogP contribution in [-0.2, 0) is 13.0 Å². The van der Waals surface area contributed by atoms with E-state index in [1.54, 1.807) is 0 Å². The standard InChI is InChI=1S/C16H21F2N3/c1-4-19-15(16-6-11(3)20-21(16)5-2)9-12-7-13(17)10-14(18)8-12/h6-8,10,15,19H,4-5,9H2,1-3H3. The lowest BCUT2D eigenvalue weighted by molar-refractivity contribution is 0.487. The molecule has 1 aromatic carbocycles. The minimum atomic E-state index is -0.541. The fraction of sp³-hybridized carbons (Fsp3) is 0.438. The van der Waals surface area contributed by atoms with Gasteiger partial charge in [0.25, 0.3) is 0 Å². The van der Waals surface area contributed by atoms with Gasteiger partial charge in [-0.15, -0.1) is 0 Å². The van der Waals surface area contributed by atoms with Crippen molar-refractivity contribution in [3.8, 4) is 0 Å². The summed E-state index contributed by atoms with van der Waals surface area (Å²) in [5.74, 6) is -1.08. The third kappa shape index (κ3) is 3.88. The van der Waals surface area contributed by atoms with Crippen molar-refractivity contribution in [3.63, 3.8) is 0 Å². The summed E-state index contributed by atoms with van der Waals surface area (Å²) < 4.78 is 28.6. The maximum absolute atomic E-state index is 13.3. The van der Waals surface area contributed by atoms with Gasteiger partial charge in [0.15, 0.2) is 0 Å². The van der Waals surface area contributed by atoms with Crippen LogP contribution in [0, 0.1) is 18.6 Å². The van der Waals surface area contributed by atoms with Crippen LogP contribution in [-0.4, -0.2) is 16.3 Å². The Bertz CT molecular complexity index is 587. The summed E-state index contributed by atoms with van der Waals surface area (Å²) in [7, 11) is 0. The minimum Gasteiger partial charge on any atom is -0.309 e.